The lowest BCUT2D eigenvalue weighted by Gasteiger charge is -2.58. The first kappa shape index (κ1) is 19.0. The van der Waals surface area contributed by atoms with Crippen LogP contribution >= 0.6 is 0 Å². The van der Waals surface area contributed by atoms with Gasteiger partial charge in [-0.25, -0.2) is 8.78 Å². The number of amides is 1. The highest BCUT2D eigenvalue weighted by Crippen LogP contribution is 2.56. The van der Waals surface area contributed by atoms with E-state index in [2.05, 4.69) is 4.98 Å². The van der Waals surface area contributed by atoms with Crippen LogP contribution in [0.2, 0.25) is 0 Å². The molecular formula is C21H15F5N2O2. The van der Waals surface area contributed by atoms with Crippen LogP contribution in [0.5, 0.6) is 0 Å². The summed E-state index contributed by atoms with van der Waals surface area (Å²) in [6, 6.07) is 6.90. The van der Waals surface area contributed by atoms with Crippen LogP contribution in [0.4, 0.5) is 22.0 Å². The Balaban J connectivity index is 1.36. The maximum Gasteiger partial charge on any atom is 0.420 e. The maximum atomic E-state index is 13.4. The van der Waals surface area contributed by atoms with Gasteiger partial charge in [-0.1, -0.05) is 0 Å². The predicted molar refractivity (Wildman–Crippen MR) is 97.0 cm³/mol. The van der Waals surface area contributed by atoms with Gasteiger partial charge in [0.1, 0.15) is 5.58 Å². The molecule has 2 fully saturated rings. The van der Waals surface area contributed by atoms with Crippen molar-refractivity contribution in [3.05, 3.63) is 53.9 Å². The lowest BCUT2D eigenvalue weighted by Crippen LogP contribution is -2.66. The van der Waals surface area contributed by atoms with E-state index in [1.165, 1.54) is 41.6 Å². The standard InChI is InChI=1S/C21H15F5N2O2/c22-20(23)8-19(9-20)10-28(11-19)18(29)13-1-2-16(27-7-13)14-5-12-3-4-30-17(12)15(6-14)21(24,25)26/h1-7H,8-11H2. The molecule has 1 spiro atoms. The van der Waals surface area contributed by atoms with E-state index >= 15 is 0 Å². The Labute approximate surface area is 167 Å². The van der Waals surface area contributed by atoms with Gasteiger partial charge in [-0.05, 0) is 30.3 Å². The molecule has 1 saturated carbocycles. The molecule has 2 aromatic heterocycles. The van der Waals surface area contributed by atoms with Crippen LogP contribution in [0, 0.1) is 5.41 Å². The fourth-order valence-corrected chi connectivity index (χ4v) is 4.49. The number of halogens is 5. The van der Waals surface area contributed by atoms with E-state index in [1.54, 1.807) is 0 Å². The molecule has 156 valence electrons. The molecule has 30 heavy (non-hydrogen) atoms. The number of carbonyl (C=O) groups is 1. The van der Waals surface area contributed by atoms with Crippen LogP contribution in [0.1, 0.15) is 28.8 Å². The smallest absolute Gasteiger partial charge is 0.420 e. The number of hydrogen-bond acceptors (Lipinski definition) is 3. The fraction of sp³-hybridized carbons (Fsp3) is 0.333. The lowest BCUT2D eigenvalue weighted by atomic mass is 9.61. The summed E-state index contributed by atoms with van der Waals surface area (Å²) < 4.78 is 71.3. The van der Waals surface area contributed by atoms with Gasteiger partial charge >= 0.3 is 6.18 Å². The number of likely N-dealkylation sites (tertiary alicyclic amines) is 1. The van der Waals surface area contributed by atoms with E-state index in [4.69, 9.17) is 4.42 Å². The molecule has 1 amide bonds. The molecule has 0 N–H and O–H groups in total. The summed E-state index contributed by atoms with van der Waals surface area (Å²) in [4.78, 5) is 18.2. The number of alkyl halides is 5. The van der Waals surface area contributed by atoms with E-state index in [9.17, 15) is 26.7 Å². The van der Waals surface area contributed by atoms with Crippen molar-refractivity contribution >= 4 is 16.9 Å². The van der Waals surface area contributed by atoms with Crippen LogP contribution in [0.3, 0.4) is 0 Å². The van der Waals surface area contributed by atoms with Crippen LogP contribution in [0.15, 0.2) is 47.2 Å². The Hall–Kier alpha value is -2.97. The molecule has 1 aromatic carbocycles. The van der Waals surface area contributed by atoms with E-state index < -0.39 is 23.1 Å². The molecule has 1 saturated heterocycles. The summed E-state index contributed by atoms with van der Waals surface area (Å²) in [5.74, 6) is -2.96. The molecule has 1 aliphatic carbocycles. The zero-order valence-electron chi connectivity index (χ0n) is 15.5. The van der Waals surface area contributed by atoms with Gasteiger partial charge in [-0.15, -0.1) is 0 Å². The van der Waals surface area contributed by atoms with Gasteiger partial charge < -0.3 is 9.32 Å². The van der Waals surface area contributed by atoms with E-state index in [1.807, 2.05) is 0 Å². The summed E-state index contributed by atoms with van der Waals surface area (Å²) >= 11 is 0. The number of nitrogens with zero attached hydrogens (tertiary/aromatic N) is 2. The second-order valence-electron chi connectivity index (χ2n) is 8.16. The van der Waals surface area contributed by atoms with Crippen LogP contribution in [-0.2, 0) is 6.18 Å². The molecule has 0 radical (unpaired) electrons. The van der Waals surface area contributed by atoms with Crippen molar-refractivity contribution in [3.8, 4) is 11.3 Å². The Morgan fingerprint density at radius 2 is 1.83 bits per heavy atom. The molecule has 9 heteroatoms. The van der Waals surface area contributed by atoms with Crippen molar-refractivity contribution in [1.29, 1.82) is 0 Å². The number of carbonyl (C=O) groups excluding carboxylic acids is 1. The quantitative estimate of drug-likeness (QED) is 0.521. The number of pyridine rings is 1. The second kappa shape index (κ2) is 6.02. The maximum absolute atomic E-state index is 13.4. The first-order valence-electron chi connectivity index (χ1n) is 9.27. The minimum absolute atomic E-state index is 0.195. The van der Waals surface area contributed by atoms with E-state index in [0.717, 1.165) is 6.07 Å². The molecule has 5 rings (SSSR count). The SMILES string of the molecule is O=C(c1ccc(-c2cc(C(F)(F)F)c3occc3c2)nc1)N1CC2(C1)CC(F)(F)C2. The molecule has 0 unspecified atom stereocenters. The molecule has 0 atom stereocenters. The van der Waals surface area contributed by atoms with Gasteiger partial charge in [0, 0.05) is 48.5 Å². The molecular weight excluding hydrogens is 407 g/mol. The number of aromatic nitrogens is 1. The summed E-state index contributed by atoms with van der Waals surface area (Å²) in [5.41, 5.74) is -0.828. The Kier molecular flexibility index (Phi) is 3.82. The van der Waals surface area contributed by atoms with Crippen molar-refractivity contribution in [1.82, 2.24) is 9.88 Å². The third-order valence-electron chi connectivity index (χ3n) is 5.77. The zero-order valence-corrected chi connectivity index (χ0v) is 15.5. The minimum Gasteiger partial charge on any atom is -0.464 e. The van der Waals surface area contributed by atoms with Gasteiger partial charge in [0.15, 0.2) is 0 Å². The van der Waals surface area contributed by atoms with Crippen molar-refractivity contribution in [2.24, 2.45) is 5.41 Å². The van der Waals surface area contributed by atoms with Gasteiger partial charge in [-0.2, -0.15) is 13.2 Å². The largest absolute Gasteiger partial charge is 0.464 e. The highest BCUT2D eigenvalue weighted by atomic mass is 19.4. The van der Waals surface area contributed by atoms with Crippen LogP contribution in [0.25, 0.3) is 22.2 Å². The van der Waals surface area contributed by atoms with Gasteiger partial charge in [-0.3, -0.25) is 9.78 Å². The summed E-state index contributed by atoms with van der Waals surface area (Å²) in [6.45, 7) is 0.574. The average molecular weight is 422 g/mol. The van der Waals surface area contributed by atoms with E-state index in [-0.39, 0.29) is 54.2 Å². The fourth-order valence-electron chi connectivity index (χ4n) is 4.49. The molecule has 4 nitrogen and oxygen atoms in total. The summed E-state index contributed by atoms with van der Waals surface area (Å²) in [5, 5.41) is 0.296. The summed E-state index contributed by atoms with van der Waals surface area (Å²) in [7, 11) is 0. The number of benzene rings is 1. The van der Waals surface area contributed by atoms with Crippen molar-refractivity contribution in [3.63, 3.8) is 0 Å². The molecule has 0 bridgehead atoms. The molecule has 1 aliphatic heterocycles. The topological polar surface area (TPSA) is 46.3 Å². The number of fused-ring (bicyclic) bond motifs is 1. The first-order valence-corrected chi connectivity index (χ1v) is 9.27. The van der Waals surface area contributed by atoms with Crippen molar-refractivity contribution in [2.75, 3.05) is 13.1 Å². The zero-order chi connectivity index (χ0) is 21.3. The highest BCUT2D eigenvalue weighted by molar-refractivity contribution is 5.95. The van der Waals surface area contributed by atoms with E-state index in [0.29, 0.717) is 5.39 Å². The predicted octanol–water partition coefficient (Wildman–Crippen LogP) is 5.38. The normalized spacial score (nSPS) is 19.6. The molecule has 3 heterocycles. The van der Waals surface area contributed by atoms with Crippen LogP contribution in [-0.4, -0.2) is 34.8 Å². The van der Waals surface area contributed by atoms with Crippen molar-refractivity contribution < 1.29 is 31.2 Å². The van der Waals surface area contributed by atoms with Gasteiger partial charge in [0.2, 0.25) is 5.92 Å². The van der Waals surface area contributed by atoms with Gasteiger partial charge in [0.25, 0.3) is 5.91 Å². The Morgan fingerprint density at radius 1 is 1.10 bits per heavy atom. The Bertz CT molecular complexity index is 1130. The monoisotopic (exact) mass is 422 g/mol. The summed E-state index contributed by atoms with van der Waals surface area (Å²) in [6.07, 6.45) is -2.49. The highest BCUT2D eigenvalue weighted by Gasteiger charge is 2.62. The number of furan rings is 1. The number of hydrogen-bond donors (Lipinski definition) is 0. The lowest BCUT2D eigenvalue weighted by molar-refractivity contribution is -0.203. The van der Waals surface area contributed by atoms with Gasteiger partial charge in [0.05, 0.1) is 23.1 Å². The third-order valence-corrected chi connectivity index (χ3v) is 5.77. The Morgan fingerprint density at radius 3 is 2.43 bits per heavy atom. The minimum atomic E-state index is -4.59. The van der Waals surface area contributed by atoms with Crippen LogP contribution < -0.4 is 0 Å². The molecule has 3 aromatic rings. The third kappa shape index (κ3) is 3.03. The average Bonchev–Trinajstić information content (AvgIpc) is 3.10. The second-order valence-corrected chi connectivity index (χ2v) is 8.16. The first-order chi connectivity index (χ1) is 14.1. The number of rotatable bonds is 2. The molecule has 2 aliphatic rings. The van der Waals surface area contributed by atoms with Crippen molar-refractivity contribution in [2.45, 2.75) is 24.9 Å².